The third-order valence-electron chi connectivity index (χ3n) is 2.56. The summed E-state index contributed by atoms with van der Waals surface area (Å²) in [5.41, 5.74) is 6.10. The summed E-state index contributed by atoms with van der Waals surface area (Å²) in [4.78, 5) is 17.2. The summed E-state index contributed by atoms with van der Waals surface area (Å²) >= 11 is 0. The van der Waals surface area contributed by atoms with Gasteiger partial charge in [0, 0.05) is 12.6 Å². The number of amides is 1. The van der Waals surface area contributed by atoms with Crippen LogP contribution in [-0.2, 0) is 11.3 Å². The maximum atomic E-state index is 11.0. The molecular formula is C12H19N3O2. The number of nitrogens with two attached hydrogens (primary N) is 1. The van der Waals surface area contributed by atoms with Gasteiger partial charge in [-0.15, -0.1) is 0 Å². The molecule has 1 atom stereocenters. The van der Waals surface area contributed by atoms with Crippen LogP contribution in [0.5, 0.6) is 5.88 Å². The molecule has 0 unspecified atom stereocenters. The Labute approximate surface area is 102 Å². The monoisotopic (exact) mass is 237 g/mol. The first-order valence-corrected chi connectivity index (χ1v) is 5.63. The number of likely N-dealkylation sites (N-methyl/N-ethyl adjacent to an activating group) is 1. The molecule has 0 saturated carbocycles. The normalized spacial score (nSPS) is 12.5. The van der Waals surface area contributed by atoms with Gasteiger partial charge in [0.25, 0.3) is 0 Å². The SMILES string of the molecule is CCOc1cccc(CN(C)[C@H](C)C(N)=O)n1. The fourth-order valence-corrected chi connectivity index (χ4v) is 1.38. The zero-order valence-electron chi connectivity index (χ0n) is 10.5. The first-order valence-electron chi connectivity index (χ1n) is 5.63. The van der Waals surface area contributed by atoms with Gasteiger partial charge in [0.15, 0.2) is 0 Å². The summed E-state index contributed by atoms with van der Waals surface area (Å²) in [6.07, 6.45) is 0. The number of rotatable bonds is 6. The highest BCUT2D eigenvalue weighted by Gasteiger charge is 2.15. The van der Waals surface area contributed by atoms with E-state index < -0.39 is 0 Å². The van der Waals surface area contributed by atoms with Crippen LogP contribution in [0.15, 0.2) is 18.2 Å². The summed E-state index contributed by atoms with van der Waals surface area (Å²) in [7, 11) is 1.84. The van der Waals surface area contributed by atoms with E-state index in [0.29, 0.717) is 19.0 Å². The Kier molecular flexibility index (Phi) is 4.90. The highest BCUT2D eigenvalue weighted by molar-refractivity contribution is 5.79. The van der Waals surface area contributed by atoms with Crippen molar-refractivity contribution in [3.8, 4) is 5.88 Å². The van der Waals surface area contributed by atoms with Crippen LogP contribution in [0.4, 0.5) is 0 Å². The Bertz CT molecular complexity index is 382. The number of carbonyl (C=O) groups excluding carboxylic acids is 1. The van der Waals surface area contributed by atoms with Gasteiger partial charge in [-0.3, -0.25) is 9.69 Å². The van der Waals surface area contributed by atoms with Crippen LogP contribution in [0, 0.1) is 0 Å². The maximum absolute atomic E-state index is 11.0. The highest BCUT2D eigenvalue weighted by Crippen LogP contribution is 2.10. The van der Waals surface area contributed by atoms with Crippen molar-refractivity contribution in [2.45, 2.75) is 26.4 Å². The lowest BCUT2D eigenvalue weighted by Gasteiger charge is -2.21. The molecule has 0 saturated heterocycles. The number of aromatic nitrogens is 1. The lowest BCUT2D eigenvalue weighted by atomic mass is 10.2. The first kappa shape index (κ1) is 13.4. The van der Waals surface area contributed by atoms with Crippen molar-refractivity contribution in [2.24, 2.45) is 5.73 Å². The Morgan fingerprint density at radius 3 is 2.88 bits per heavy atom. The summed E-state index contributed by atoms with van der Waals surface area (Å²) in [5.74, 6) is 0.263. The Morgan fingerprint density at radius 1 is 1.59 bits per heavy atom. The molecule has 2 N–H and O–H groups in total. The predicted octanol–water partition coefficient (Wildman–Crippen LogP) is 0.786. The van der Waals surface area contributed by atoms with E-state index in [0.717, 1.165) is 5.69 Å². The van der Waals surface area contributed by atoms with Gasteiger partial charge in [-0.2, -0.15) is 0 Å². The molecule has 0 aliphatic heterocycles. The molecule has 0 aromatic carbocycles. The van der Waals surface area contributed by atoms with Crippen molar-refractivity contribution in [1.29, 1.82) is 0 Å². The predicted molar refractivity (Wildman–Crippen MR) is 65.5 cm³/mol. The van der Waals surface area contributed by atoms with E-state index in [-0.39, 0.29) is 11.9 Å². The van der Waals surface area contributed by atoms with Gasteiger partial charge in [0.05, 0.1) is 18.3 Å². The molecule has 1 aromatic heterocycles. The van der Waals surface area contributed by atoms with Gasteiger partial charge in [-0.05, 0) is 27.0 Å². The van der Waals surface area contributed by atoms with Gasteiger partial charge in [-0.1, -0.05) is 6.07 Å². The lowest BCUT2D eigenvalue weighted by Crippen LogP contribution is -2.39. The van der Waals surface area contributed by atoms with E-state index in [1.165, 1.54) is 0 Å². The third kappa shape index (κ3) is 4.03. The average molecular weight is 237 g/mol. The molecule has 1 amide bonds. The van der Waals surface area contributed by atoms with Gasteiger partial charge >= 0.3 is 0 Å². The second-order valence-electron chi connectivity index (χ2n) is 3.89. The van der Waals surface area contributed by atoms with Crippen LogP contribution in [-0.4, -0.2) is 35.5 Å². The summed E-state index contributed by atoms with van der Waals surface area (Å²) in [6, 6.07) is 5.28. The molecule has 1 heterocycles. The average Bonchev–Trinajstić information content (AvgIpc) is 2.28. The summed E-state index contributed by atoms with van der Waals surface area (Å²) in [5, 5.41) is 0. The minimum absolute atomic E-state index is 0.312. The molecule has 0 bridgehead atoms. The van der Waals surface area contributed by atoms with Crippen LogP contribution in [0.25, 0.3) is 0 Å². The molecule has 1 aromatic rings. The van der Waals surface area contributed by atoms with E-state index in [4.69, 9.17) is 10.5 Å². The van der Waals surface area contributed by atoms with Crippen molar-refractivity contribution in [1.82, 2.24) is 9.88 Å². The highest BCUT2D eigenvalue weighted by atomic mass is 16.5. The van der Waals surface area contributed by atoms with Crippen molar-refractivity contribution in [3.63, 3.8) is 0 Å². The number of pyridine rings is 1. The van der Waals surface area contributed by atoms with E-state index in [1.54, 1.807) is 6.92 Å². The molecule has 0 radical (unpaired) electrons. The number of ether oxygens (including phenoxy) is 1. The molecule has 0 aliphatic carbocycles. The summed E-state index contributed by atoms with van der Waals surface area (Å²) < 4.78 is 5.31. The second-order valence-corrected chi connectivity index (χ2v) is 3.89. The van der Waals surface area contributed by atoms with Crippen LogP contribution in [0.2, 0.25) is 0 Å². The van der Waals surface area contributed by atoms with Gasteiger partial charge in [0.1, 0.15) is 0 Å². The number of hydrogen-bond donors (Lipinski definition) is 1. The molecule has 0 fully saturated rings. The molecule has 5 nitrogen and oxygen atoms in total. The van der Waals surface area contributed by atoms with E-state index >= 15 is 0 Å². The standard InChI is InChI=1S/C12H19N3O2/c1-4-17-11-7-5-6-10(14-11)8-15(3)9(2)12(13)16/h5-7,9H,4,8H2,1-3H3,(H2,13,16)/t9-/m1/s1. The molecule has 0 spiro atoms. The Hall–Kier alpha value is -1.62. The van der Waals surface area contributed by atoms with Gasteiger partial charge in [-0.25, -0.2) is 4.98 Å². The van der Waals surface area contributed by atoms with E-state index in [2.05, 4.69) is 4.98 Å². The fraction of sp³-hybridized carbons (Fsp3) is 0.500. The van der Waals surface area contributed by atoms with Crippen LogP contribution < -0.4 is 10.5 Å². The summed E-state index contributed by atoms with van der Waals surface area (Å²) in [6.45, 7) is 4.83. The molecule has 1 rings (SSSR count). The van der Waals surface area contributed by atoms with Crippen molar-refractivity contribution < 1.29 is 9.53 Å². The number of primary amides is 1. The number of carbonyl (C=O) groups is 1. The maximum Gasteiger partial charge on any atom is 0.234 e. The molecule has 94 valence electrons. The van der Waals surface area contributed by atoms with Crippen molar-refractivity contribution >= 4 is 5.91 Å². The second kappa shape index (κ2) is 6.20. The minimum Gasteiger partial charge on any atom is -0.478 e. The van der Waals surface area contributed by atoms with E-state index in [9.17, 15) is 4.79 Å². The van der Waals surface area contributed by atoms with Crippen molar-refractivity contribution in [3.05, 3.63) is 23.9 Å². The van der Waals surface area contributed by atoms with Crippen LogP contribution in [0.1, 0.15) is 19.5 Å². The molecule has 17 heavy (non-hydrogen) atoms. The van der Waals surface area contributed by atoms with Gasteiger partial charge < -0.3 is 10.5 Å². The lowest BCUT2D eigenvalue weighted by molar-refractivity contribution is -0.122. The third-order valence-corrected chi connectivity index (χ3v) is 2.56. The topological polar surface area (TPSA) is 68.5 Å². The van der Waals surface area contributed by atoms with Crippen molar-refractivity contribution in [2.75, 3.05) is 13.7 Å². The molecular weight excluding hydrogens is 218 g/mol. The number of nitrogens with zero attached hydrogens (tertiary/aromatic N) is 2. The van der Waals surface area contributed by atoms with Crippen LogP contribution >= 0.6 is 0 Å². The Balaban J connectivity index is 2.67. The zero-order valence-corrected chi connectivity index (χ0v) is 10.5. The van der Waals surface area contributed by atoms with Gasteiger partial charge in [0.2, 0.25) is 11.8 Å². The zero-order chi connectivity index (χ0) is 12.8. The fourth-order valence-electron chi connectivity index (χ4n) is 1.38. The smallest absolute Gasteiger partial charge is 0.234 e. The number of hydrogen-bond acceptors (Lipinski definition) is 4. The quantitative estimate of drug-likeness (QED) is 0.794. The van der Waals surface area contributed by atoms with Crippen LogP contribution in [0.3, 0.4) is 0 Å². The minimum atomic E-state index is -0.339. The first-order chi connectivity index (χ1) is 8.04. The molecule has 0 aliphatic rings. The molecule has 5 heteroatoms. The van der Waals surface area contributed by atoms with E-state index in [1.807, 2.05) is 37.1 Å². The Morgan fingerprint density at radius 2 is 2.29 bits per heavy atom. The largest absolute Gasteiger partial charge is 0.478 e.